The third-order valence-electron chi connectivity index (χ3n) is 4.10. The van der Waals surface area contributed by atoms with Crippen molar-refractivity contribution in [1.82, 2.24) is 5.43 Å². The van der Waals surface area contributed by atoms with Crippen LogP contribution in [0.25, 0.3) is 6.08 Å². The Morgan fingerprint density at radius 3 is 2.43 bits per heavy atom. The van der Waals surface area contributed by atoms with Crippen LogP contribution in [0.5, 0.6) is 0 Å². The number of unbranched alkanes of at least 4 members (excludes halogenated alkanes) is 3. The van der Waals surface area contributed by atoms with Crippen molar-refractivity contribution in [3.8, 4) is 0 Å². The zero-order valence-electron chi connectivity index (χ0n) is 16.2. The minimum Gasteiger partial charge on any atom is -0.326 e. The number of anilines is 1. The second kappa shape index (κ2) is 12.2. The van der Waals surface area contributed by atoms with Crippen molar-refractivity contribution in [2.75, 3.05) is 5.32 Å². The van der Waals surface area contributed by atoms with Crippen LogP contribution in [-0.4, -0.2) is 18.0 Å². The molecule has 0 heterocycles. The lowest BCUT2D eigenvalue weighted by Crippen LogP contribution is -2.17. The lowest BCUT2D eigenvalue weighted by Gasteiger charge is -2.06. The lowest BCUT2D eigenvalue weighted by atomic mass is 10.1. The van der Waals surface area contributed by atoms with Crippen molar-refractivity contribution in [3.05, 3.63) is 71.8 Å². The zero-order chi connectivity index (χ0) is 20.0. The highest BCUT2D eigenvalue weighted by molar-refractivity contribution is 5.96. The molecular weight excluding hydrogens is 350 g/mol. The quantitative estimate of drug-likeness (QED) is 0.346. The highest BCUT2D eigenvalue weighted by atomic mass is 16.2. The van der Waals surface area contributed by atoms with Crippen molar-refractivity contribution in [1.29, 1.82) is 0 Å². The summed E-state index contributed by atoms with van der Waals surface area (Å²) in [6, 6.07) is 16.6. The average molecular weight is 377 g/mol. The molecule has 2 N–H and O–H groups in total. The smallest absolute Gasteiger partial charge is 0.271 e. The van der Waals surface area contributed by atoms with Crippen LogP contribution in [0.2, 0.25) is 0 Å². The Morgan fingerprint density at radius 2 is 1.71 bits per heavy atom. The molecular formula is C23H27N3O2. The van der Waals surface area contributed by atoms with E-state index in [-0.39, 0.29) is 11.8 Å². The van der Waals surface area contributed by atoms with Gasteiger partial charge in [-0.1, -0.05) is 62.6 Å². The SMILES string of the molecule is CCCCCCC(=O)Nc1ccc(C(=O)N/N=C/C=C/c2ccccc2)cc1. The van der Waals surface area contributed by atoms with Crippen LogP contribution in [0.4, 0.5) is 5.69 Å². The second-order valence-corrected chi connectivity index (χ2v) is 6.43. The number of carbonyl (C=O) groups excluding carboxylic acids is 2. The van der Waals surface area contributed by atoms with E-state index in [1.54, 1.807) is 30.3 Å². The maximum Gasteiger partial charge on any atom is 0.271 e. The molecule has 0 radical (unpaired) electrons. The number of nitrogens with one attached hydrogen (secondary N) is 2. The molecule has 5 heteroatoms. The molecule has 0 aliphatic rings. The Kier molecular flexibility index (Phi) is 9.21. The Bertz CT molecular complexity index is 796. The molecule has 0 aromatic heterocycles. The number of carbonyl (C=O) groups is 2. The number of hydrogen-bond acceptors (Lipinski definition) is 3. The third-order valence-corrected chi connectivity index (χ3v) is 4.10. The van der Waals surface area contributed by atoms with Crippen molar-refractivity contribution in [3.63, 3.8) is 0 Å². The second-order valence-electron chi connectivity index (χ2n) is 6.43. The summed E-state index contributed by atoms with van der Waals surface area (Å²) in [6.45, 7) is 2.14. The molecule has 0 aliphatic carbocycles. The number of hydrazone groups is 1. The van der Waals surface area contributed by atoms with Gasteiger partial charge in [-0.25, -0.2) is 5.43 Å². The van der Waals surface area contributed by atoms with E-state index in [4.69, 9.17) is 0 Å². The molecule has 0 unspecified atom stereocenters. The fourth-order valence-electron chi connectivity index (χ4n) is 2.56. The monoisotopic (exact) mass is 377 g/mol. The molecule has 146 valence electrons. The minimum atomic E-state index is -0.304. The van der Waals surface area contributed by atoms with Gasteiger partial charge in [0.25, 0.3) is 5.91 Å². The summed E-state index contributed by atoms with van der Waals surface area (Å²) in [6.07, 6.45) is 9.98. The van der Waals surface area contributed by atoms with Crippen LogP contribution in [-0.2, 0) is 4.79 Å². The van der Waals surface area contributed by atoms with Gasteiger partial charge in [0, 0.05) is 23.9 Å². The molecule has 28 heavy (non-hydrogen) atoms. The highest BCUT2D eigenvalue weighted by Gasteiger charge is 2.06. The normalized spacial score (nSPS) is 11.0. The molecule has 0 saturated heterocycles. The predicted octanol–water partition coefficient (Wildman–Crippen LogP) is 5.02. The summed E-state index contributed by atoms with van der Waals surface area (Å²) in [4.78, 5) is 24.0. The highest BCUT2D eigenvalue weighted by Crippen LogP contribution is 2.11. The summed E-state index contributed by atoms with van der Waals surface area (Å²) in [5.74, 6) is -0.301. The van der Waals surface area contributed by atoms with Gasteiger partial charge in [-0.05, 0) is 42.3 Å². The number of allylic oxidation sites excluding steroid dienone is 1. The summed E-state index contributed by atoms with van der Waals surface area (Å²) in [5, 5.41) is 6.75. The van der Waals surface area contributed by atoms with Crippen LogP contribution in [0.1, 0.15) is 54.9 Å². The molecule has 2 aromatic carbocycles. The predicted molar refractivity (Wildman–Crippen MR) is 115 cm³/mol. The Hall–Kier alpha value is -3.21. The summed E-state index contributed by atoms with van der Waals surface area (Å²) in [5.41, 5.74) is 4.70. The van der Waals surface area contributed by atoms with Gasteiger partial charge in [0.15, 0.2) is 0 Å². The van der Waals surface area contributed by atoms with E-state index in [2.05, 4.69) is 22.8 Å². The van der Waals surface area contributed by atoms with Gasteiger partial charge in [-0.15, -0.1) is 0 Å². The van der Waals surface area contributed by atoms with Gasteiger partial charge in [0.05, 0.1) is 0 Å². The van der Waals surface area contributed by atoms with E-state index in [0.717, 1.165) is 31.2 Å². The van der Waals surface area contributed by atoms with Crippen molar-refractivity contribution in [2.24, 2.45) is 5.10 Å². The van der Waals surface area contributed by atoms with Crippen LogP contribution in [0.3, 0.4) is 0 Å². The summed E-state index contributed by atoms with van der Waals surface area (Å²) < 4.78 is 0. The Labute approximate surface area is 166 Å². The van der Waals surface area contributed by atoms with Crippen LogP contribution in [0, 0.1) is 0 Å². The molecule has 0 fully saturated rings. The van der Waals surface area contributed by atoms with E-state index in [1.807, 2.05) is 36.4 Å². The van der Waals surface area contributed by atoms with Gasteiger partial charge in [-0.2, -0.15) is 5.10 Å². The first-order chi connectivity index (χ1) is 13.7. The first-order valence-corrected chi connectivity index (χ1v) is 9.64. The number of benzene rings is 2. The van der Waals surface area contributed by atoms with Gasteiger partial charge in [0.2, 0.25) is 5.91 Å². The molecule has 2 amide bonds. The largest absolute Gasteiger partial charge is 0.326 e. The molecule has 0 spiro atoms. The topological polar surface area (TPSA) is 70.6 Å². The molecule has 0 bridgehead atoms. The maximum absolute atomic E-state index is 12.1. The summed E-state index contributed by atoms with van der Waals surface area (Å²) in [7, 11) is 0. The fourth-order valence-corrected chi connectivity index (χ4v) is 2.56. The molecule has 2 rings (SSSR count). The fraction of sp³-hybridized carbons (Fsp3) is 0.261. The van der Waals surface area contributed by atoms with E-state index >= 15 is 0 Å². The van der Waals surface area contributed by atoms with Crippen LogP contribution >= 0.6 is 0 Å². The van der Waals surface area contributed by atoms with E-state index in [9.17, 15) is 9.59 Å². The van der Waals surface area contributed by atoms with Gasteiger partial charge >= 0.3 is 0 Å². The number of hydrogen-bond donors (Lipinski definition) is 2. The van der Waals surface area contributed by atoms with Gasteiger partial charge in [0.1, 0.15) is 0 Å². The van der Waals surface area contributed by atoms with Gasteiger partial charge in [-0.3, -0.25) is 9.59 Å². The maximum atomic E-state index is 12.1. The van der Waals surface area contributed by atoms with Crippen molar-refractivity contribution in [2.45, 2.75) is 39.0 Å². The summed E-state index contributed by atoms with van der Waals surface area (Å²) >= 11 is 0. The molecule has 2 aromatic rings. The first kappa shape index (κ1) is 21.1. The zero-order valence-corrected chi connectivity index (χ0v) is 16.2. The standard InChI is InChI=1S/C23H27N3O2/c1-2-3-4-8-13-22(27)25-21-16-14-20(15-17-21)23(28)26-24-18-9-12-19-10-6-5-7-11-19/h5-7,9-12,14-18H,2-4,8,13H2,1H3,(H,25,27)(H,26,28)/b12-9+,24-18+. The van der Waals surface area contributed by atoms with E-state index in [0.29, 0.717) is 17.7 Å². The van der Waals surface area contributed by atoms with Crippen LogP contribution < -0.4 is 10.7 Å². The molecule has 0 saturated carbocycles. The molecule has 5 nitrogen and oxygen atoms in total. The van der Waals surface area contributed by atoms with Crippen molar-refractivity contribution < 1.29 is 9.59 Å². The number of nitrogens with zero attached hydrogens (tertiary/aromatic N) is 1. The first-order valence-electron chi connectivity index (χ1n) is 9.64. The Morgan fingerprint density at radius 1 is 0.964 bits per heavy atom. The van der Waals surface area contributed by atoms with Crippen molar-refractivity contribution >= 4 is 29.8 Å². The third kappa shape index (κ3) is 7.99. The van der Waals surface area contributed by atoms with Crippen LogP contribution in [0.15, 0.2) is 65.8 Å². The van der Waals surface area contributed by atoms with E-state index in [1.165, 1.54) is 6.21 Å². The molecule has 0 atom stereocenters. The lowest BCUT2D eigenvalue weighted by molar-refractivity contribution is -0.116. The minimum absolute atomic E-state index is 0.00288. The van der Waals surface area contributed by atoms with E-state index < -0.39 is 0 Å². The molecule has 0 aliphatic heterocycles. The number of rotatable bonds is 10. The Balaban J connectivity index is 1.75. The van der Waals surface area contributed by atoms with Gasteiger partial charge < -0.3 is 5.32 Å². The average Bonchev–Trinajstić information content (AvgIpc) is 2.72. The number of amides is 2.